The number of rotatable bonds is 8. The number of imidazole rings is 1. The zero-order valence-electron chi connectivity index (χ0n) is 19.0. The van der Waals surface area contributed by atoms with E-state index in [0.29, 0.717) is 12.5 Å². The van der Waals surface area contributed by atoms with Crippen LogP contribution in [0.4, 0.5) is 0 Å². The van der Waals surface area contributed by atoms with Gasteiger partial charge in [0.05, 0.1) is 17.6 Å². The van der Waals surface area contributed by atoms with Gasteiger partial charge in [-0.05, 0) is 54.7 Å². The number of hydrogen-bond acceptors (Lipinski definition) is 2. The predicted octanol–water partition coefficient (Wildman–Crippen LogP) is 6.77. The first-order chi connectivity index (χ1) is 15.0. The number of aromatic nitrogens is 2. The maximum Gasteiger partial charge on any atom is 0.119 e. The van der Waals surface area contributed by atoms with Crippen LogP contribution in [0.1, 0.15) is 49.2 Å². The molecular weight excluding hydrogens is 380 g/mol. The van der Waals surface area contributed by atoms with Crippen LogP contribution >= 0.6 is 0 Å². The molecule has 31 heavy (non-hydrogen) atoms. The summed E-state index contributed by atoms with van der Waals surface area (Å²) >= 11 is 0. The van der Waals surface area contributed by atoms with Crippen LogP contribution in [-0.4, -0.2) is 16.2 Å². The van der Waals surface area contributed by atoms with E-state index in [1.807, 2.05) is 12.1 Å². The summed E-state index contributed by atoms with van der Waals surface area (Å²) in [7, 11) is 0. The summed E-state index contributed by atoms with van der Waals surface area (Å²) in [6.07, 6.45) is 1.11. The molecule has 0 aliphatic heterocycles. The van der Waals surface area contributed by atoms with E-state index in [2.05, 4.69) is 92.9 Å². The van der Waals surface area contributed by atoms with E-state index in [1.54, 1.807) is 0 Å². The Morgan fingerprint density at radius 3 is 2.29 bits per heavy atom. The summed E-state index contributed by atoms with van der Waals surface area (Å²) in [5.41, 5.74) is 6.13. The maximum atomic E-state index is 6.03. The molecule has 0 N–H and O–H groups in total. The van der Waals surface area contributed by atoms with Gasteiger partial charge in [-0.2, -0.15) is 0 Å². The molecule has 3 nitrogen and oxygen atoms in total. The number of benzene rings is 3. The molecule has 0 unspecified atom stereocenters. The first kappa shape index (κ1) is 21.2. The van der Waals surface area contributed by atoms with Crippen LogP contribution in [0.3, 0.4) is 0 Å². The smallest absolute Gasteiger partial charge is 0.119 e. The third-order valence-corrected chi connectivity index (χ3v) is 5.80. The van der Waals surface area contributed by atoms with Gasteiger partial charge in [-0.15, -0.1) is 0 Å². The summed E-state index contributed by atoms with van der Waals surface area (Å²) in [5, 5.41) is 0. The number of aryl methyl sites for hydroxylation is 1. The molecule has 3 aromatic carbocycles. The van der Waals surface area contributed by atoms with Gasteiger partial charge >= 0.3 is 0 Å². The van der Waals surface area contributed by atoms with Crippen molar-refractivity contribution in [3.8, 4) is 5.75 Å². The van der Waals surface area contributed by atoms with Crippen molar-refractivity contribution in [2.75, 3.05) is 6.61 Å². The Balaban J connectivity index is 1.57. The topological polar surface area (TPSA) is 27.1 Å². The first-order valence-electron chi connectivity index (χ1n) is 11.2. The van der Waals surface area contributed by atoms with E-state index < -0.39 is 0 Å². The summed E-state index contributed by atoms with van der Waals surface area (Å²) in [6.45, 7) is 10.2. The molecular formula is C28H32N2O. The molecule has 160 valence electrons. The molecule has 0 saturated carbocycles. The van der Waals surface area contributed by atoms with Crippen molar-refractivity contribution in [1.29, 1.82) is 0 Å². The standard InChI is InChI=1S/C28H32N2O/c1-20(2)19-23-11-13-24(14-12-23)22(4)28-29-26-7-5-6-8-27(26)30(28)17-18-31-25-15-9-21(3)10-16-25/h5-16,20,22H,17-19H2,1-4H3/t22-/m1/s1. The number of fused-ring (bicyclic) bond motifs is 1. The Hall–Kier alpha value is -3.07. The van der Waals surface area contributed by atoms with Gasteiger partial charge in [0, 0.05) is 5.92 Å². The van der Waals surface area contributed by atoms with E-state index >= 15 is 0 Å². The third kappa shape index (κ3) is 4.99. The van der Waals surface area contributed by atoms with Crippen molar-refractivity contribution in [2.45, 2.75) is 46.6 Å². The Labute approximate surface area is 185 Å². The van der Waals surface area contributed by atoms with Gasteiger partial charge in [0.1, 0.15) is 18.2 Å². The van der Waals surface area contributed by atoms with Crippen LogP contribution in [0, 0.1) is 12.8 Å². The Bertz CT molecular complexity index is 1120. The quantitative estimate of drug-likeness (QED) is 0.319. The number of hydrogen-bond donors (Lipinski definition) is 0. The lowest BCUT2D eigenvalue weighted by Gasteiger charge is -2.16. The number of ether oxygens (including phenoxy) is 1. The van der Waals surface area contributed by atoms with Crippen molar-refractivity contribution < 1.29 is 4.74 Å². The molecule has 1 aromatic heterocycles. The molecule has 0 amide bonds. The highest BCUT2D eigenvalue weighted by Gasteiger charge is 2.18. The van der Waals surface area contributed by atoms with E-state index in [0.717, 1.165) is 35.6 Å². The molecule has 0 aliphatic carbocycles. The summed E-state index contributed by atoms with van der Waals surface area (Å²) in [4.78, 5) is 5.00. The lowest BCUT2D eigenvalue weighted by molar-refractivity contribution is 0.298. The summed E-state index contributed by atoms with van der Waals surface area (Å²) in [6, 6.07) is 25.6. The maximum absolute atomic E-state index is 6.03. The minimum absolute atomic E-state index is 0.208. The Morgan fingerprint density at radius 1 is 0.871 bits per heavy atom. The van der Waals surface area contributed by atoms with E-state index in [-0.39, 0.29) is 5.92 Å². The van der Waals surface area contributed by atoms with Crippen LogP contribution < -0.4 is 4.74 Å². The van der Waals surface area contributed by atoms with Crippen LogP contribution in [0.5, 0.6) is 5.75 Å². The Morgan fingerprint density at radius 2 is 1.58 bits per heavy atom. The van der Waals surface area contributed by atoms with Crippen molar-refractivity contribution in [2.24, 2.45) is 5.92 Å². The number of nitrogens with zero attached hydrogens (tertiary/aromatic N) is 2. The third-order valence-electron chi connectivity index (χ3n) is 5.80. The molecule has 0 saturated heterocycles. The Kier molecular flexibility index (Phi) is 6.41. The molecule has 0 spiro atoms. The van der Waals surface area contributed by atoms with Gasteiger partial charge in [-0.25, -0.2) is 4.98 Å². The van der Waals surface area contributed by atoms with Gasteiger partial charge < -0.3 is 9.30 Å². The van der Waals surface area contributed by atoms with Crippen LogP contribution in [-0.2, 0) is 13.0 Å². The second-order valence-corrected chi connectivity index (χ2v) is 8.83. The average molecular weight is 413 g/mol. The van der Waals surface area contributed by atoms with E-state index in [9.17, 15) is 0 Å². The van der Waals surface area contributed by atoms with Gasteiger partial charge in [-0.3, -0.25) is 0 Å². The molecule has 1 heterocycles. The van der Waals surface area contributed by atoms with Gasteiger partial charge in [-0.1, -0.05) is 74.9 Å². The largest absolute Gasteiger partial charge is 0.492 e. The van der Waals surface area contributed by atoms with Crippen molar-refractivity contribution in [3.63, 3.8) is 0 Å². The van der Waals surface area contributed by atoms with Gasteiger partial charge in [0.25, 0.3) is 0 Å². The van der Waals surface area contributed by atoms with Crippen LogP contribution in [0.25, 0.3) is 11.0 Å². The molecule has 4 rings (SSSR count). The minimum atomic E-state index is 0.208. The van der Waals surface area contributed by atoms with E-state index in [1.165, 1.54) is 16.7 Å². The number of para-hydroxylation sites is 2. The lowest BCUT2D eigenvalue weighted by atomic mass is 9.96. The van der Waals surface area contributed by atoms with Crippen molar-refractivity contribution >= 4 is 11.0 Å². The molecule has 1 atom stereocenters. The first-order valence-corrected chi connectivity index (χ1v) is 11.2. The fraction of sp³-hybridized carbons (Fsp3) is 0.321. The SMILES string of the molecule is Cc1ccc(OCCn2c([C@H](C)c3ccc(CC(C)C)cc3)nc3ccccc32)cc1. The fourth-order valence-corrected chi connectivity index (χ4v) is 4.11. The highest BCUT2D eigenvalue weighted by atomic mass is 16.5. The minimum Gasteiger partial charge on any atom is -0.492 e. The normalized spacial score (nSPS) is 12.4. The second kappa shape index (κ2) is 9.38. The van der Waals surface area contributed by atoms with Gasteiger partial charge in [0.2, 0.25) is 0 Å². The van der Waals surface area contributed by atoms with Crippen molar-refractivity contribution in [1.82, 2.24) is 9.55 Å². The van der Waals surface area contributed by atoms with Gasteiger partial charge in [0.15, 0.2) is 0 Å². The van der Waals surface area contributed by atoms with Crippen molar-refractivity contribution in [3.05, 3.63) is 95.3 Å². The highest BCUT2D eigenvalue weighted by molar-refractivity contribution is 5.76. The summed E-state index contributed by atoms with van der Waals surface area (Å²) < 4.78 is 8.34. The van der Waals surface area contributed by atoms with Crippen LogP contribution in [0.15, 0.2) is 72.8 Å². The molecule has 0 fully saturated rings. The monoisotopic (exact) mass is 412 g/mol. The average Bonchev–Trinajstić information content (AvgIpc) is 3.13. The second-order valence-electron chi connectivity index (χ2n) is 8.83. The zero-order valence-corrected chi connectivity index (χ0v) is 19.0. The van der Waals surface area contributed by atoms with E-state index in [4.69, 9.17) is 9.72 Å². The van der Waals surface area contributed by atoms with Crippen LogP contribution in [0.2, 0.25) is 0 Å². The molecule has 0 radical (unpaired) electrons. The fourth-order valence-electron chi connectivity index (χ4n) is 4.11. The predicted molar refractivity (Wildman–Crippen MR) is 129 cm³/mol. The molecule has 0 aliphatic rings. The molecule has 3 heteroatoms. The lowest BCUT2D eigenvalue weighted by Crippen LogP contribution is -2.13. The molecule has 0 bridgehead atoms. The zero-order chi connectivity index (χ0) is 21.8. The molecule has 4 aromatic rings. The highest BCUT2D eigenvalue weighted by Crippen LogP contribution is 2.28. The summed E-state index contributed by atoms with van der Waals surface area (Å²) in [5.74, 6) is 2.87.